The summed E-state index contributed by atoms with van der Waals surface area (Å²) in [6.45, 7) is 5.80. The van der Waals surface area contributed by atoms with Crippen LogP contribution in [0.5, 0.6) is 11.5 Å². The van der Waals surface area contributed by atoms with Crippen LogP contribution < -0.4 is 14.2 Å². The molecule has 0 saturated heterocycles. The number of rotatable bonds is 7. The number of benzene rings is 1. The first kappa shape index (κ1) is 15.8. The lowest BCUT2D eigenvalue weighted by Crippen LogP contribution is -2.19. The van der Waals surface area contributed by atoms with E-state index in [0.717, 1.165) is 18.4 Å². The lowest BCUT2D eigenvalue weighted by Gasteiger charge is -2.12. The van der Waals surface area contributed by atoms with Crippen LogP contribution in [0.15, 0.2) is 18.2 Å². The fourth-order valence-corrected chi connectivity index (χ4v) is 2.02. The molecule has 1 aromatic rings. The smallest absolute Gasteiger partial charge is 0.306 e. The Morgan fingerprint density at radius 3 is 2.47 bits per heavy atom. The molecule has 0 radical (unpaired) electrons. The van der Waals surface area contributed by atoms with Gasteiger partial charge in [-0.05, 0) is 30.2 Å². The lowest BCUT2D eigenvalue weighted by atomic mass is 10.2. The molecule has 0 atom stereocenters. The maximum Gasteiger partial charge on any atom is 0.306 e. The number of ether oxygens (including phenoxy) is 1. The van der Waals surface area contributed by atoms with Gasteiger partial charge in [0.25, 0.3) is 0 Å². The third kappa shape index (κ3) is 5.94. The molecule has 1 N–H and O–H groups in total. The summed E-state index contributed by atoms with van der Waals surface area (Å²) in [7, 11) is -2.09. The molecular formula is C13H21NO4S. The highest BCUT2D eigenvalue weighted by Gasteiger charge is 2.11. The second-order valence-corrected chi connectivity index (χ2v) is 6.37. The van der Waals surface area contributed by atoms with Crippen molar-refractivity contribution in [3.05, 3.63) is 23.8 Å². The van der Waals surface area contributed by atoms with Crippen molar-refractivity contribution in [2.75, 3.05) is 19.9 Å². The number of methoxy groups -OCH3 is 1. The number of hydrogen-bond acceptors (Lipinski definition) is 5. The van der Waals surface area contributed by atoms with E-state index in [1.54, 1.807) is 12.1 Å². The Hall–Kier alpha value is -1.27. The maximum absolute atomic E-state index is 11.2. The molecule has 0 bridgehead atoms. The SMILES string of the molecule is COc1ccc(CNCC(C)C)cc1OS(C)(=O)=O. The Kier molecular flexibility index (Phi) is 5.62. The highest BCUT2D eigenvalue weighted by atomic mass is 32.2. The topological polar surface area (TPSA) is 64.6 Å². The van der Waals surface area contributed by atoms with Gasteiger partial charge in [-0.3, -0.25) is 0 Å². The molecular weight excluding hydrogens is 266 g/mol. The van der Waals surface area contributed by atoms with Crippen molar-refractivity contribution in [1.82, 2.24) is 5.32 Å². The van der Waals surface area contributed by atoms with Gasteiger partial charge in [-0.25, -0.2) is 0 Å². The van der Waals surface area contributed by atoms with Crippen LogP contribution >= 0.6 is 0 Å². The van der Waals surface area contributed by atoms with E-state index in [0.29, 0.717) is 18.2 Å². The predicted octanol–water partition coefficient (Wildman–Crippen LogP) is 1.78. The molecule has 1 aromatic carbocycles. The molecule has 0 fully saturated rings. The molecule has 19 heavy (non-hydrogen) atoms. The van der Waals surface area contributed by atoms with Gasteiger partial charge < -0.3 is 14.2 Å². The minimum atomic E-state index is -3.56. The van der Waals surface area contributed by atoms with Crippen molar-refractivity contribution < 1.29 is 17.3 Å². The van der Waals surface area contributed by atoms with Crippen molar-refractivity contribution in [3.63, 3.8) is 0 Å². The quantitative estimate of drug-likeness (QED) is 0.774. The van der Waals surface area contributed by atoms with Crippen LogP contribution in [-0.2, 0) is 16.7 Å². The van der Waals surface area contributed by atoms with Gasteiger partial charge in [-0.2, -0.15) is 8.42 Å². The van der Waals surface area contributed by atoms with E-state index >= 15 is 0 Å². The van der Waals surface area contributed by atoms with Gasteiger partial charge >= 0.3 is 10.1 Å². The third-order valence-electron chi connectivity index (χ3n) is 2.35. The van der Waals surface area contributed by atoms with E-state index in [-0.39, 0.29) is 5.75 Å². The first-order chi connectivity index (χ1) is 8.81. The minimum Gasteiger partial charge on any atom is -0.493 e. The summed E-state index contributed by atoms with van der Waals surface area (Å²) in [5.41, 5.74) is 0.945. The Labute approximate surface area is 115 Å². The van der Waals surface area contributed by atoms with E-state index < -0.39 is 10.1 Å². The van der Waals surface area contributed by atoms with E-state index in [1.807, 2.05) is 6.07 Å². The van der Waals surface area contributed by atoms with Crippen LogP contribution in [0.2, 0.25) is 0 Å². The van der Waals surface area contributed by atoms with Crippen molar-refractivity contribution >= 4 is 10.1 Å². The molecule has 0 saturated carbocycles. The van der Waals surface area contributed by atoms with E-state index in [4.69, 9.17) is 8.92 Å². The van der Waals surface area contributed by atoms with Gasteiger partial charge in [0.2, 0.25) is 0 Å². The van der Waals surface area contributed by atoms with Crippen LogP contribution in [-0.4, -0.2) is 28.3 Å². The second kappa shape index (κ2) is 6.77. The summed E-state index contributed by atoms with van der Waals surface area (Å²) in [4.78, 5) is 0. The summed E-state index contributed by atoms with van der Waals surface area (Å²) in [6.07, 6.45) is 1.01. The highest BCUT2D eigenvalue weighted by molar-refractivity contribution is 7.86. The van der Waals surface area contributed by atoms with Gasteiger partial charge in [0, 0.05) is 6.54 Å². The Morgan fingerprint density at radius 1 is 1.26 bits per heavy atom. The first-order valence-corrected chi connectivity index (χ1v) is 7.90. The largest absolute Gasteiger partial charge is 0.493 e. The molecule has 0 aromatic heterocycles. The van der Waals surface area contributed by atoms with Crippen LogP contribution in [0, 0.1) is 5.92 Å². The molecule has 0 heterocycles. The third-order valence-corrected chi connectivity index (χ3v) is 2.83. The van der Waals surface area contributed by atoms with Gasteiger partial charge in [-0.15, -0.1) is 0 Å². The fraction of sp³-hybridized carbons (Fsp3) is 0.538. The molecule has 0 unspecified atom stereocenters. The second-order valence-electron chi connectivity index (χ2n) is 4.80. The molecule has 0 aliphatic heterocycles. The molecule has 0 amide bonds. The van der Waals surface area contributed by atoms with Crippen molar-refractivity contribution in [2.24, 2.45) is 5.92 Å². The molecule has 0 spiro atoms. The summed E-state index contributed by atoms with van der Waals surface area (Å²) in [6, 6.07) is 5.25. The zero-order valence-corrected chi connectivity index (χ0v) is 12.6. The van der Waals surface area contributed by atoms with Crippen molar-refractivity contribution in [3.8, 4) is 11.5 Å². The van der Waals surface area contributed by atoms with E-state index in [2.05, 4.69) is 19.2 Å². The van der Waals surface area contributed by atoms with Crippen LogP contribution in [0.4, 0.5) is 0 Å². The van der Waals surface area contributed by atoms with Crippen LogP contribution in [0.1, 0.15) is 19.4 Å². The minimum absolute atomic E-state index is 0.217. The lowest BCUT2D eigenvalue weighted by molar-refractivity contribution is 0.391. The molecule has 5 nitrogen and oxygen atoms in total. The Bertz CT molecular complexity index is 511. The normalized spacial score (nSPS) is 11.6. The Balaban J connectivity index is 2.83. The van der Waals surface area contributed by atoms with Gasteiger partial charge in [0.15, 0.2) is 11.5 Å². The van der Waals surface area contributed by atoms with Crippen LogP contribution in [0.3, 0.4) is 0 Å². The zero-order valence-electron chi connectivity index (χ0n) is 11.8. The van der Waals surface area contributed by atoms with Crippen molar-refractivity contribution in [2.45, 2.75) is 20.4 Å². The monoisotopic (exact) mass is 287 g/mol. The molecule has 1 rings (SSSR count). The molecule has 108 valence electrons. The Morgan fingerprint density at radius 2 is 1.95 bits per heavy atom. The predicted molar refractivity (Wildman–Crippen MR) is 75.0 cm³/mol. The fourth-order valence-electron chi connectivity index (χ4n) is 1.56. The standard InChI is InChI=1S/C13H21NO4S/c1-10(2)8-14-9-11-5-6-12(17-3)13(7-11)18-19(4,15)16/h5-7,10,14H,8-9H2,1-4H3. The summed E-state index contributed by atoms with van der Waals surface area (Å²) >= 11 is 0. The van der Waals surface area contributed by atoms with Gasteiger partial charge in [0.05, 0.1) is 13.4 Å². The van der Waals surface area contributed by atoms with Crippen molar-refractivity contribution in [1.29, 1.82) is 0 Å². The average molecular weight is 287 g/mol. The zero-order chi connectivity index (χ0) is 14.5. The average Bonchev–Trinajstić information content (AvgIpc) is 2.26. The number of hydrogen-bond donors (Lipinski definition) is 1. The summed E-state index contributed by atoms with van der Waals surface area (Å²) in [5, 5.41) is 3.28. The van der Waals surface area contributed by atoms with Crippen LogP contribution in [0.25, 0.3) is 0 Å². The van der Waals surface area contributed by atoms with Gasteiger partial charge in [0.1, 0.15) is 0 Å². The molecule has 6 heteroatoms. The molecule has 0 aliphatic carbocycles. The molecule has 0 aliphatic rings. The summed E-state index contributed by atoms with van der Waals surface area (Å²) < 4.78 is 32.4. The van der Waals surface area contributed by atoms with Gasteiger partial charge in [-0.1, -0.05) is 19.9 Å². The number of nitrogens with one attached hydrogen (secondary N) is 1. The van der Waals surface area contributed by atoms with E-state index in [9.17, 15) is 8.42 Å². The highest BCUT2D eigenvalue weighted by Crippen LogP contribution is 2.29. The van der Waals surface area contributed by atoms with E-state index in [1.165, 1.54) is 7.11 Å². The summed E-state index contributed by atoms with van der Waals surface area (Å²) in [5.74, 6) is 1.18. The maximum atomic E-state index is 11.2. The first-order valence-electron chi connectivity index (χ1n) is 6.09.